The van der Waals surface area contributed by atoms with Crippen LogP contribution in [0.15, 0.2) is 30.3 Å². The minimum atomic E-state index is 0.975. The summed E-state index contributed by atoms with van der Waals surface area (Å²) < 4.78 is 6.58. The van der Waals surface area contributed by atoms with Gasteiger partial charge in [0.1, 0.15) is 5.76 Å². The number of methoxy groups -OCH3 is 1. The van der Waals surface area contributed by atoms with E-state index in [9.17, 15) is 0 Å². The molecule has 0 aliphatic heterocycles. The maximum Gasteiger partial charge on any atom is 0.122 e. The largest absolute Gasteiger partial charge is 0.496 e. The summed E-state index contributed by atoms with van der Waals surface area (Å²) in [5.41, 5.74) is 1.15. The maximum atomic E-state index is 5.34. The Kier molecular flexibility index (Phi) is 5.01. The van der Waals surface area contributed by atoms with Crippen LogP contribution >= 0.6 is 22.6 Å². The predicted octanol–water partition coefficient (Wildman–Crippen LogP) is 4.08. The van der Waals surface area contributed by atoms with Crippen LogP contribution in [0.3, 0.4) is 0 Å². The Bertz CT molecular complexity index is 301. The van der Waals surface area contributed by atoms with Crippen LogP contribution in [0, 0.1) is 3.57 Å². The number of hydrogen-bond donors (Lipinski definition) is 0. The lowest BCUT2D eigenvalue weighted by Crippen LogP contribution is -1.87. The second-order valence-corrected chi connectivity index (χ2v) is 4.31. The fourth-order valence-corrected chi connectivity index (χ4v) is 1.57. The third-order valence-corrected chi connectivity index (χ3v) is 2.69. The monoisotopic (exact) mass is 302 g/mol. The van der Waals surface area contributed by atoms with E-state index in [1.54, 1.807) is 7.11 Å². The first-order valence-electron chi connectivity index (χ1n) is 4.78. The van der Waals surface area contributed by atoms with Crippen molar-refractivity contribution in [1.82, 2.24) is 0 Å². The van der Waals surface area contributed by atoms with Gasteiger partial charge in [-0.3, -0.25) is 0 Å². The van der Waals surface area contributed by atoms with Gasteiger partial charge in [0.05, 0.1) is 7.11 Å². The lowest BCUT2D eigenvalue weighted by atomic mass is 10.1. The molecular formula is C12H15IO. The van der Waals surface area contributed by atoms with Gasteiger partial charge in [0, 0.05) is 9.13 Å². The lowest BCUT2D eigenvalue weighted by molar-refractivity contribution is 0.368. The summed E-state index contributed by atoms with van der Waals surface area (Å²) in [6.07, 6.45) is 4.36. The maximum absolute atomic E-state index is 5.34. The topological polar surface area (TPSA) is 9.23 Å². The van der Waals surface area contributed by atoms with Crippen molar-refractivity contribution in [2.75, 3.05) is 7.11 Å². The van der Waals surface area contributed by atoms with Crippen LogP contribution in [0.5, 0.6) is 0 Å². The molecule has 0 N–H and O–H groups in total. The van der Waals surface area contributed by atoms with Gasteiger partial charge in [0.15, 0.2) is 0 Å². The first-order chi connectivity index (χ1) is 6.77. The minimum Gasteiger partial charge on any atom is -0.496 e. The molecule has 0 fully saturated rings. The number of halogens is 1. The minimum absolute atomic E-state index is 0.975. The van der Waals surface area contributed by atoms with E-state index in [0.717, 1.165) is 24.2 Å². The Balaban J connectivity index is 2.84. The molecule has 1 rings (SSSR count). The van der Waals surface area contributed by atoms with Gasteiger partial charge in [-0.15, -0.1) is 0 Å². The molecule has 1 nitrogen and oxygen atoms in total. The molecule has 2 heteroatoms. The van der Waals surface area contributed by atoms with Crippen LogP contribution in [0.2, 0.25) is 0 Å². The zero-order valence-corrected chi connectivity index (χ0v) is 10.7. The molecule has 0 spiro atoms. The fraction of sp³-hybridized carbons (Fsp3) is 0.333. The second-order valence-electron chi connectivity index (χ2n) is 3.07. The molecule has 14 heavy (non-hydrogen) atoms. The molecule has 0 amide bonds. The van der Waals surface area contributed by atoms with E-state index in [0.29, 0.717) is 0 Å². The Morgan fingerprint density at radius 2 is 2.00 bits per heavy atom. The highest BCUT2D eigenvalue weighted by Gasteiger charge is 1.99. The van der Waals surface area contributed by atoms with Crippen molar-refractivity contribution in [3.63, 3.8) is 0 Å². The lowest BCUT2D eigenvalue weighted by Gasteiger charge is -2.06. The van der Waals surface area contributed by atoms with Gasteiger partial charge in [-0.25, -0.2) is 0 Å². The zero-order valence-electron chi connectivity index (χ0n) is 8.59. The third-order valence-electron chi connectivity index (χ3n) is 1.97. The first kappa shape index (κ1) is 11.6. The van der Waals surface area contributed by atoms with Crippen LogP contribution in [0.4, 0.5) is 0 Å². The third kappa shape index (κ3) is 3.33. The summed E-state index contributed by atoms with van der Waals surface area (Å²) in [4.78, 5) is 0. The quantitative estimate of drug-likeness (QED) is 0.601. The number of benzene rings is 1. The molecule has 0 radical (unpaired) electrons. The summed E-state index contributed by atoms with van der Waals surface area (Å²) in [6, 6.07) is 8.36. The summed E-state index contributed by atoms with van der Waals surface area (Å²) in [7, 11) is 1.72. The van der Waals surface area contributed by atoms with Crippen molar-refractivity contribution < 1.29 is 4.74 Å². The SMILES string of the molecule is CCC/C=C(/OC)c1ccc(I)cc1. The van der Waals surface area contributed by atoms with Crippen molar-refractivity contribution in [1.29, 1.82) is 0 Å². The van der Waals surface area contributed by atoms with Gasteiger partial charge in [-0.1, -0.05) is 25.5 Å². The van der Waals surface area contributed by atoms with Crippen LogP contribution < -0.4 is 0 Å². The molecule has 0 atom stereocenters. The second kappa shape index (κ2) is 6.06. The Hall–Kier alpha value is -0.510. The summed E-state index contributed by atoms with van der Waals surface area (Å²) >= 11 is 2.30. The molecule has 0 saturated heterocycles. The van der Waals surface area contributed by atoms with E-state index in [4.69, 9.17) is 4.74 Å². The summed E-state index contributed by atoms with van der Waals surface area (Å²) in [6.45, 7) is 2.16. The average molecular weight is 302 g/mol. The van der Waals surface area contributed by atoms with E-state index in [1.807, 2.05) is 0 Å². The van der Waals surface area contributed by atoms with E-state index in [-0.39, 0.29) is 0 Å². The molecule has 76 valence electrons. The molecule has 1 aromatic carbocycles. The van der Waals surface area contributed by atoms with E-state index in [2.05, 4.69) is 59.9 Å². The van der Waals surface area contributed by atoms with Gasteiger partial charge in [0.25, 0.3) is 0 Å². The summed E-state index contributed by atoms with van der Waals surface area (Å²) in [5.74, 6) is 0.975. The molecule has 0 heterocycles. The number of unbranched alkanes of at least 4 members (excludes halogenated alkanes) is 1. The van der Waals surface area contributed by atoms with Crippen LogP contribution in [-0.2, 0) is 4.74 Å². The number of ether oxygens (including phenoxy) is 1. The highest BCUT2D eigenvalue weighted by molar-refractivity contribution is 14.1. The van der Waals surface area contributed by atoms with Gasteiger partial charge in [-0.05, 0) is 47.2 Å². The molecule has 1 aromatic rings. The van der Waals surface area contributed by atoms with Crippen molar-refractivity contribution in [2.24, 2.45) is 0 Å². The van der Waals surface area contributed by atoms with Crippen molar-refractivity contribution in [3.8, 4) is 0 Å². The zero-order chi connectivity index (χ0) is 10.4. The van der Waals surface area contributed by atoms with Crippen LogP contribution in [0.1, 0.15) is 25.3 Å². The number of rotatable bonds is 4. The highest BCUT2D eigenvalue weighted by Crippen LogP contribution is 2.17. The van der Waals surface area contributed by atoms with Crippen LogP contribution in [0.25, 0.3) is 5.76 Å². The van der Waals surface area contributed by atoms with Crippen molar-refractivity contribution in [3.05, 3.63) is 39.5 Å². The van der Waals surface area contributed by atoms with Gasteiger partial charge >= 0.3 is 0 Å². The van der Waals surface area contributed by atoms with E-state index in [1.165, 1.54) is 3.57 Å². The van der Waals surface area contributed by atoms with E-state index >= 15 is 0 Å². The molecular weight excluding hydrogens is 287 g/mol. The molecule has 0 saturated carbocycles. The van der Waals surface area contributed by atoms with Crippen molar-refractivity contribution >= 4 is 28.4 Å². The Labute approximate surface area is 99.3 Å². The normalized spacial score (nSPS) is 11.5. The van der Waals surface area contributed by atoms with Crippen molar-refractivity contribution in [2.45, 2.75) is 19.8 Å². The average Bonchev–Trinajstić information content (AvgIpc) is 2.21. The predicted molar refractivity (Wildman–Crippen MR) is 69.1 cm³/mol. The van der Waals surface area contributed by atoms with E-state index < -0.39 is 0 Å². The molecule has 0 aromatic heterocycles. The molecule has 0 aliphatic carbocycles. The smallest absolute Gasteiger partial charge is 0.122 e. The fourth-order valence-electron chi connectivity index (χ4n) is 1.21. The van der Waals surface area contributed by atoms with Gasteiger partial charge in [0.2, 0.25) is 0 Å². The molecule has 0 bridgehead atoms. The van der Waals surface area contributed by atoms with Crippen LogP contribution in [-0.4, -0.2) is 7.11 Å². The van der Waals surface area contributed by atoms with Gasteiger partial charge in [-0.2, -0.15) is 0 Å². The first-order valence-corrected chi connectivity index (χ1v) is 5.86. The highest BCUT2D eigenvalue weighted by atomic mass is 127. The Morgan fingerprint density at radius 1 is 1.36 bits per heavy atom. The number of allylic oxidation sites excluding steroid dienone is 1. The molecule has 0 aliphatic rings. The summed E-state index contributed by atoms with van der Waals surface area (Å²) in [5, 5.41) is 0. The molecule has 0 unspecified atom stereocenters. The Morgan fingerprint density at radius 3 is 2.50 bits per heavy atom. The van der Waals surface area contributed by atoms with Gasteiger partial charge < -0.3 is 4.74 Å². The number of hydrogen-bond acceptors (Lipinski definition) is 1. The standard InChI is InChI=1S/C12H15IO/c1-3-4-5-12(14-2)10-6-8-11(13)9-7-10/h5-9H,3-4H2,1-2H3/b12-5+.